The normalized spacial score (nSPS) is 10.7. The summed E-state index contributed by atoms with van der Waals surface area (Å²) in [5, 5.41) is 10.7. The van der Waals surface area contributed by atoms with Gasteiger partial charge >= 0.3 is 11.9 Å². The zero-order chi connectivity index (χ0) is 18.8. The van der Waals surface area contributed by atoms with Gasteiger partial charge in [0.2, 0.25) is 0 Å². The van der Waals surface area contributed by atoms with Crippen LogP contribution in [0.5, 0.6) is 0 Å². The minimum absolute atomic E-state index is 0.260. The predicted octanol–water partition coefficient (Wildman–Crippen LogP) is 4.95. The first-order valence-electron chi connectivity index (χ1n) is 7.96. The van der Waals surface area contributed by atoms with E-state index in [4.69, 9.17) is 9.84 Å². The van der Waals surface area contributed by atoms with Crippen LogP contribution in [-0.4, -0.2) is 33.6 Å². The number of aromatic amines is 2. The zero-order valence-corrected chi connectivity index (χ0v) is 16.1. The summed E-state index contributed by atoms with van der Waals surface area (Å²) in [5.74, 6) is -1.19. The van der Waals surface area contributed by atoms with Crippen LogP contribution in [0.3, 0.4) is 0 Å². The molecule has 4 aromatic rings. The SMILES string of the molecule is CCOC(=O)c1cc2cc(C)sc2[nH]1.Cc1cc2cc(C(=O)O)[nH]c2s1. The molecule has 0 aromatic carbocycles. The Morgan fingerprint density at radius 3 is 1.92 bits per heavy atom. The van der Waals surface area contributed by atoms with Crippen molar-refractivity contribution in [2.75, 3.05) is 6.61 Å². The van der Waals surface area contributed by atoms with E-state index in [9.17, 15) is 9.59 Å². The molecule has 0 amide bonds. The van der Waals surface area contributed by atoms with Crippen LogP contribution in [0.25, 0.3) is 20.4 Å². The van der Waals surface area contributed by atoms with E-state index in [1.54, 1.807) is 35.7 Å². The number of thiophene rings is 2. The lowest BCUT2D eigenvalue weighted by Crippen LogP contribution is -2.04. The van der Waals surface area contributed by atoms with Crippen molar-refractivity contribution in [2.45, 2.75) is 20.8 Å². The van der Waals surface area contributed by atoms with E-state index in [1.165, 1.54) is 9.75 Å². The Kier molecular flexibility index (Phi) is 5.15. The molecule has 4 heterocycles. The summed E-state index contributed by atoms with van der Waals surface area (Å²) in [5.41, 5.74) is 0.796. The van der Waals surface area contributed by atoms with Crippen molar-refractivity contribution < 1.29 is 19.4 Å². The Hall–Kier alpha value is -2.58. The Labute approximate surface area is 157 Å². The quantitative estimate of drug-likeness (QED) is 0.431. The van der Waals surface area contributed by atoms with Crippen LogP contribution >= 0.6 is 22.7 Å². The van der Waals surface area contributed by atoms with Crippen molar-refractivity contribution >= 4 is 55.0 Å². The molecule has 0 aliphatic carbocycles. The molecule has 0 radical (unpaired) electrons. The number of carbonyl (C=O) groups is 2. The number of hydrogen-bond donors (Lipinski definition) is 3. The molecule has 0 fully saturated rings. The molecule has 136 valence electrons. The highest BCUT2D eigenvalue weighted by molar-refractivity contribution is 7.18. The smallest absolute Gasteiger partial charge is 0.354 e. The van der Waals surface area contributed by atoms with E-state index < -0.39 is 5.97 Å². The molecule has 4 aromatic heterocycles. The Bertz CT molecular complexity index is 1020. The van der Waals surface area contributed by atoms with Gasteiger partial charge in [0.15, 0.2) is 0 Å². The van der Waals surface area contributed by atoms with Crippen LogP contribution < -0.4 is 0 Å². The lowest BCUT2D eigenvalue weighted by atomic mass is 10.3. The first-order chi connectivity index (χ1) is 12.4. The average Bonchev–Trinajstić information content (AvgIpc) is 3.26. The number of H-pyrrole nitrogens is 2. The Morgan fingerprint density at radius 1 is 0.962 bits per heavy atom. The summed E-state index contributed by atoms with van der Waals surface area (Å²) in [6.07, 6.45) is 0. The van der Waals surface area contributed by atoms with Gasteiger partial charge in [0.05, 0.1) is 6.61 Å². The molecule has 0 bridgehead atoms. The molecule has 0 saturated heterocycles. The van der Waals surface area contributed by atoms with Gasteiger partial charge in [-0.15, -0.1) is 22.7 Å². The fourth-order valence-electron chi connectivity index (χ4n) is 2.54. The van der Waals surface area contributed by atoms with Gasteiger partial charge < -0.3 is 19.8 Å². The van der Waals surface area contributed by atoms with Gasteiger partial charge in [0.1, 0.15) is 21.0 Å². The van der Waals surface area contributed by atoms with Gasteiger partial charge in [-0.05, 0) is 45.0 Å². The van der Waals surface area contributed by atoms with E-state index >= 15 is 0 Å². The molecule has 0 aliphatic rings. The number of rotatable bonds is 3. The Balaban J connectivity index is 0.000000152. The van der Waals surface area contributed by atoms with Gasteiger partial charge in [-0.3, -0.25) is 0 Å². The molecule has 3 N–H and O–H groups in total. The largest absolute Gasteiger partial charge is 0.477 e. The number of esters is 1. The van der Waals surface area contributed by atoms with Crippen molar-refractivity contribution in [3.05, 3.63) is 45.4 Å². The minimum atomic E-state index is -0.906. The van der Waals surface area contributed by atoms with Gasteiger partial charge in [-0.25, -0.2) is 9.59 Å². The standard InChI is InChI=1S/C10H11NO2S.C8H7NO2S/c1-3-13-10(12)8-5-7-4-6(2)14-9(7)11-8;1-4-2-5-3-6(8(10)11)9-7(5)12-4/h4-5,11H,3H2,1-2H3;2-3,9H,1H3,(H,10,11). The summed E-state index contributed by atoms with van der Waals surface area (Å²) >= 11 is 3.22. The lowest BCUT2D eigenvalue weighted by Gasteiger charge is -1.96. The number of aromatic carboxylic acids is 1. The number of ether oxygens (including phenoxy) is 1. The van der Waals surface area contributed by atoms with Crippen LogP contribution in [0, 0.1) is 13.8 Å². The summed E-state index contributed by atoms with van der Waals surface area (Å²) < 4.78 is 4.89. The third-order valence-electron chi connectivity index (χ3n) is 3.59. The van der Waals surface area contributed by atoms with Crippen molar-refractivity contribution in [1.82, 2.24) is 9.97 Å². The highest BCUT2D eigenvalue weighted by atomic mass is 32.1. The molecule has 0 unspecified atom stereocenters. The van der Waals surface area contributed by atoms with Gasteiger partial charge in [0, 0.05) is 20.5 Å². The van der Waals surface area contributed by atoms with Crippen LogP contribution in [0.4, 0.5) is 0 Å². The molecule has 8 heteroatoms. The molecule has 6 nitrogen and oxygen atoms in total. The number of carboxylic acids is 1. The summed E-state index contributed by atoms with van der Waals surface area (Å²) in [7, 11) is 0. The van der Waals surface area contributed by atoms with E-state index in [2.05, 4.69) is 16.0 Å². The maximum absolute atomic E-state index is 11.3. The van der Waals surface area contributed by atoms with Gasteiger partial charge in [-0.1, -0.05) is 0 Å². The predicted molar refractivity (Wildman–Crippen MR) is 105 cm³/mol. The van der Waals surface area contributed by atoms with Gasteiger partial charge in [0.25, 0.3) is 0 Å². The van der Waals surface area contributed by atoms with Crippen LogP contribution in [-0.2, 0) is 4.74 Å². The highest BCUT2D eigenvalue weighted by Gasteiger charge is 2.11. The molecule has 0 saturated carbocycles. The van der Waals surface area contributed by atoms with E-state index in [0.29, 0.717) is 12.3 Å². The van der Waals surface area contributed by atoms with Crippen LogP contribution in [0.2, 0.25) is 0 Å². The zero-order valence-electron chi connectivity index (χ0n) is 14.5. The monoisotopic (exact) mass is 390 g/mol. The average molecular weight is 390 g/mol. The number of carboxylic acid groups (broad SMARTS) is 1. The summed E-state index contributed by atoms with van der Waals surface area (Å²) in [4.78, 5) is 32.1. The molecular formula is C18H18N2O4S2. The number of fused-ring (bicyclic) bond motifs is 2. The van der Waals surface area contributed by atoms with E-state index in [0.717, 1.165) is 20.4 Å². The number of aryl methyl sites for hydroxylation is 2. The molecule has 0 spiro atoms. The van der Waals surface area contributed by atoms with Crippen molar-refractivity contribution in [1.29, 1.82) is 0 Å². The van der Waals surface area contributed by atoms with E-state index in [1.807, 2.05) is 26.0 Å². The molecule has 4 rings (SSSR count). The third-order valence-corrected chi connectivity index (χ3v) is 5.55. The van der Waals surface area contributed by atoms with Crippen molar-refractivity contribution in [2.24, 2.45) is 0 Å². The second-order valence-corrected chi connectivity index (χ2v) is 8.19. The second-order valence-electron chi connectivity index (χ2n) is 5.67. The third kappa shape index (κ3) is 3.81. The second kappa shape index (κ2) is 7.35. The molecule has 0 aliphatic heterocycles. The number of aromatic nitrogens is 2. The lowest BCUT2D eigenvalue weighted by molar-refractivity contribution is 0.0520. The van der Waals surface area contributed by atoms with Crippen molar-refractivity contribution in [3.8, 4) is 0 Å². The summed E-state index contributed by atoms with van der Waals surface area (Å²) in [6.45, 7) is 6.25. The molecular weight excluding hydrogens is 372 g/mol. The topological polar surface area (TPSA) is 95.2 Å². The van der Waals surface area contributed by atoms with Gasteiger partial charge in [-0.2, -0.15) is 0 Å². The van der Waals surface area contributed by atoms with Crippen LogP contribution in [0.15, 0.2) is 24.3 Å². The first-order valence-corrected chi connectivity index (χ1v) is 9.59. The fraction of sp³-hybridized carbons (Fsp3) is 0.222. The first kappa shape index (κ1) is 18.2. The molecule has 26 heavy (non-hydrogen) atoms. The number of carbonyl (C=O) groups excluding carboxylic acids is 1. The molecule has 0 atom stereocenters. The number of hydrogen-bond acceptors (Lipinski definition) is 5. The Morgan fingerprint density at radius 2 is 1.46 bits per heavy atom. The summed E-state index contributed by atoms with van der Waals surface area (Å²) in [6, 6.07) is 7.51. The minimum Gasteiger partial charge on any atom is -0.477 e. The maximum atomic E-state index is 11.3. The van der Waals surface area contributed by atoms with E-state index in [-0.39, 0.29) is 11.7 Å². The maximum Gasteiger partial charge on any atom is 0.354 e. The van der Waals surface area contributed by atoms with Crippen molar-refractivity contribution in [3.63, 3.8) is 0 Å². The number of nitrogens with one attached hydrogen (secondary N) is 2. The highest BCUT2D eigenvalue weighted by Crippen LogP contribution is 2.26. The fourth-order valence-corrected chi connectivity index (χ4v) is 4.35. The van der Waals surface area contributed by atoms with Crippen LogP contribution in [0.1, 0.15) is 37.7 Å².